The number of carbonyl (C=O) groups is 2. The average Bonchev–Trinajstić information content (AvgIpc) is 2.31. The van der Waals surface area contributed by atoms with Crippen molar-refractivity contribution in [2.45, 2.75) is 13.8 Å². The summed E-state index contributed by atoms with van der Waals surface area (Å²) in [6.07, 6.45) is 2.98. The first kappa shape index (κ1) is 12.1. The fourth-order valence-electron chi connectivity index (χ4n) is 1.17. The lowest BCUT2D eigenvalue weighted by Crippen LogP contribution is -2.39. The number of hydrogen-bond donors (Lipinski definition) is 1. The lowest BCUT2D eigenvalue weighted by molar-refractivity contribution is -0.142. The van der Waals surface area contributed by atoms with Crippen molar-refractivity contribution in [1.82, 2.24) is 14.9 Å². The molecule has 0 saturated carbocycles. The predicted octanol–water partition coefficient (Wildman–Crippen LogP) is 0.283. The summed E-state index contributed by atoms with van der Waals surface area (Å²) in [6.45, 7) is 4.62. The molecule has 0 fully saturated rings. The van der Waals surface area contributed by atoms with Gasteiger partial charge in [-0.3, -0.25) is 14.9 Å². The molecule has 0 spiro atoms. The molecule has 1 N–H and O–H groups in total. The zero-order chi connectivity index (χ0) is 12.0. The van der Waals surface area contributed by atoms with Gasteiger partial charge in [-0.1, -0.05) is 0 Å². The molecule has 0 radical (unpaired) electrons. The van der Waals surface area contributed by atoms with Crippen molar-refractivity contribution in [3.8, 4) is 0 Å². The van der Waals surface area contributed by atoms with Gasteiger partial charge in [-0.05, 0) is 19.9 Å². The first-order valence-electron chi connectivity index (χ1n) is 5.06. The first-order chi connectivity index (χ1) is 7.69. The quantitative estimate of drug-likeness (QED) is 0.745. The summed E-state index contributed by atoms with van der Waals surface area (Å²) >= 11 is 0. The van der Waals surface area contributed by atoms with E-state index in [2.05, 4.69) is 15.3 Å². The first-order valence-corrected chi connectivity index (χ1v) is 5.06. The molecule has 2 amide bonds. The van der Waals surface area contributed by atoms with Crippen LogP contribution in [0, 0.1) is 0 Å². The molecule has 0 bridgehead atoms. The summed E-state index contributed by atoms with van der Waals surface area (Å²) < 4.78 is 0. The highest BCUT2D eigenvalue weighted by Gasteiger charge is 2.19. The normalized spacial score (nSPS) is 9.62. The molecule has 1 heterocycles. The van der Waals surface area contributed by atoms with Gasteiger partial charge >= 0.3 is 11.8 Å². The maximum absolute atomic E-state index is 11.6. The van der Waals surface area contributed by atoms with Crippen molar-refractivity contribution in [3.63, 3.8) is 0 Å². The number of amides is 2. The van der Waals surface area contributed by atoms with Crippen LogP contribution >= 0.6 is 0 Å². The molecule has 0 aromatic carbocycles. The van der Waals surface area contributed by atoms with E-state index in [1.807, 2.05) is 13.8 Å². The van der Waals surface area contributed by atoms with Gasteiger partial charge in [-0.2, -0.15) is 0 Å². The second-order valence-corrected chi connectivity index (χ2v) is 3.00. The Kier molecular flexibility index (Phi) is 4.38. The van der Waals surface area contributed by atoms with E-state index in [9.17, 15) is 9.59 Å². The predicted molar refractivity (Wildman–Crippen MR) is 58.6 cm³/mol. The number of nitrogens with one attached hydrogen (secondary N) is 1. The lowest BCUT2D eigenvalue weighted by atomic mass is 10.4. The fraction of sp³-hybridized carbons (Fsp3) is 0.400. The highest BCUT2D eigenvalue weighted by Crippen LogP contribution is 1.96. The van der Waals surface area contributed by atoms with Gasteiger partial charge in [-0.25, -0.2) is 9.97 Å². The lowest BCUT2D eigenvalue weighted by Gasteiger charge is -2.17. The van der Waals surface area contributed by atoms with Gasteiger partial charge in [0.1, 0.15) is 0 Å². The maximum atomic E-state index is 11.6. The van der Waals surface area contributed by atoms with Crippen LogP contribution < -0.4 is 5.32 Å². The van der Waals surface area contributed by atoms with E-state index in [0.717, 1.165) is 0 Å². The second-order valence-electron chi connectivity index (χ2n) is 3.00. The van der Waals surface area contributed by atoms with Crippen LogP contribution in [0.25, 0.3) is 0 Å². The largest absolute Gasteiger partial charge is 0.335 e. The molecule has 16 heavy (non-hydrogen) atoms. The Morgan fingerprint density at radius 3 is 2.31 bits per heavy atom. The minimum atomic E-state index is -0.713. The van der Waals surface area contributed by atoms with Crippen LogP contribution in [0.3, 0.4) is 0 Å². The average molecular weight is 222 g/mol. The number of aromatic nitrogens is 2. The molecule has 1 rings (SSSR count). The highest BCUT2D eigenvalue weighted by molar-refractivity contribution is 6.39. The molecule has 1 aromatic heterocycles. The zero-order valence-electron chi connectivity index (χ0n) is 9.30. The smallest absolute Gasteiger partial charge is 0.316 e. The van der Waals surface area contributed by atoms with E-state index in [4.69, 9.17) is 0 Å². The van der Waals surface area contributed by atoms with Crippen LogP contribution in [0.5, 0.6) is 0 Å². The van der Waals surface area contributed by atoms with Gasteiger partial charge < -0.3 is 4.90 Å². The number of nitrogens with zero attached hydrogens (tertiary/aromatic N) is 3. The Hall–Kier alpha value is -1.98. The fourth-order valence-corrected chi connectivity index (χ4v) is 1.17. The maximum Gasteiger partial charge on any atom is 0.316 e. The molecule has 0 aliphatic heterocycles. The van der Waals surface area contributed by atoms with Gasteiger partial charge in [0.25, 0.3) is 0 Å². The van der Waals surface area contributed by atoms with Crippen molar-refractivity contribution in [2.75, 3.05) is 18.4 Å². The van der Waals surface area contributed by atoms with Crippen molar-refractivity contribution in [3.05, 3.63) is 18.5 Å². The van der Waals surface area contributed by atoms with Gasteiger partial charge in [0.05, 0.1) is 0 Å². The zero-order valence-corrected chi connectivity index (χ0v) is 9.30. The molecule has 86 valence electrons. The molecule has 0 unspecified atom stereocenters. The summed E-state index contributed by atoms with van der Waals surface area (Å²) in [4.78, 5) is 32.1. The minimum absolute atomic E-state index is 0.132. The molecular formula is C10H14N4O2. The molecule has 0 atom stereocenters. The van der Waals surface area contributed by atoms with Crippen LogP contribution in [0.1, 0.15) is 13.8 Å². The van der Waals surface area contributed by atoms with Crippen LogP contribution in [0.15, 0.2) is 18.5 Å². The van der Waals surface area contributed by atoms with Crippen molar-refractivity contribution in [1.29, 1.82) is 0 Å². The third-order valence-electron chi connectivity index (χ3n) is 2.04. The molecular weight excluding hydrogens is 208 g/mol. The van der Waals surface area contributed by atoms with Gasteiger partial charge in [0.15, 0.2) is 0 Å². The Labute approximate surface area is 93.7 Å². The van der Waals surface area contributed by atoms with Crippen LogP contribution in [0.2, 0.25) is 0 Å². The van der Waals surface area contributed by atoms with E-state index in [-0.39, 0.29) is 5.95 Å². The van der Waals surface area contributed by atoms with E-state index < -0.39 is 11.8 Å². The van der Waals surface area contributed by atoms with Crippen molar-refractivity contribution >= 4 is 17.8 Å². The van der Waals surface area contributed by atoms with Crippen LogP contribution in [-0.2, 0) is 9.59 Å². The summed E-state index contributed by atoms with van der Waals surface area (Å²) in [7, 11) is 0. The van der Waals surface area contributed by atoms with Crippen LogP contribution in [0.4, 0.5) is 5.95 Å². The Bertz CT molecular complexity index is 362. The summed E-state index contributed by atoms with van der Waals surface area (Å²) in [6, 6.07) is 1.63. The Morgan fingerprint density at radius 2 is 1.81 bits per heavy atom. The van der Waals surface area contributed by atoms with Gasteiger partial charge in [0, 0.05) is 25.5 Å². The number of likely N-dealkylation sites (N-methyl/N-ethyl adjacent to an activating group) is 1. The highest BCUT2D eigenvalue weighted by atomic mass is 16.2. The third kappa shape index (κ3) is 3.01. The summed E-state index contributed by atoms with van der Waals surface area (Å²) in [5.41, 5.74) is 0. The van der Waals surface area contributed by atoms with Crippen LogP contribution in [-0.4, -0.2) is 39.8 Å². The number of hydrogen-bond acceptors (Lipinski definition) is 4. The SMILES string of the molecule is CCN(CC)C(=O)C(=O)Nc1ncccn1. The molecule has 1 aromatic rings. The van der Waals surface area contributed by atoms with E-state index in [0.29, 0.717) is 13.1 Å². The number of anilines is 1. The molecule has 6 nitrogen and oxygen atoms in total. The topological polar surface area (TPSA) is 75.2 Å². The number of rotatable bonds is 3. The summed E-state index contributed by atoms with van der Waals surface area (Å²) in [5, 5.41) is 2.34. The third-order valence-corrected chi connectivity index (χ3v) is 2.04. The second kappa shape index (κ2) is 5.79. The number of carbonyl (C=O) groups excluding carboxylic acids is 2. The van der Waals surface area contributed by atoms with E-state index >= 15 is 0 Å². The molecule has 0 aliphatic rings. The van der Waals surface area contributed by atoms with Gasteiger partial charge in [-0.15, -0.1) is 0 Å². The van der Waals surface area contributed by atoms with E-state index in [1.165, 1.54) is 17.3 Å². The van der Waals surface area contributed by atoms with E-state index in [1.54, 1.807) is 6.07 Å². The molecule has 6 heteroatoms. The standard InChI is InChI=1S/C10H14N4O2/c1-3-14(4-2)9(16)8(15)13-10-11-6-5-7-12-10/h5-7H,3-4H2,1-2H3,(H,11,12,13,15). The van der Waals surface area contributed by atoms with Crippen molar-refractivity contribution < 1.29 is 9.59 Å². The Balaban J connectivity index is 2.62. The van der Waals surface area contributed by atoms with Gasteiger partial charge in [0.2, 0.25) is 5.95 Å². The summed E-state index contributed by atoms with van der Waals surface area (Å²) in [5.74, 6) is -1.15. The monoisotopic (exact) mass is 222 g/mol. The minimum Gasteiger partial charge on any atom is -0.335 e. The molecule has 0 saturated heterocycles. The molecule has 0 aliphatic carbocycles. The Morgan fingerprint density at radius 1 is 1.25 bits per heavy atom. The van der Waals surface area contributed by atoms with Crippen molar-refractivity contribution in [2.24, 2.45) is 0 Å².